The lowest BCUT2D eigenvalue weighted by atomic mass is 10.1. The number of nitrogens with zero attached hydrogens (tertiary/aromatic N) is 4. The molecule has 0 saturated carbocycles. The quantitative estimate of drug-likeness (QED) is 0.732. The minimum Gasteiger partial charge on any atom is -0.462 e. The Balaban J connectivity index is 1.51. The van der Waals surface area contributed by atoms with Crippen LogP contribution in [-0.4, -0.2) is 38.4 Å². The van der Waals surface area contributed by atoms with Gasteiger partial charge in [-0.2, -0.15) is 0 Å². The zero-order valence-electron chi connectivity index (χ0n) is 13.4. The summed E-state index contributed by atoms with van der Waals surface area (Å²) in [6.07, 6.45) is 7.47. The molecule has 4 heterocycles. The number of imidazole rings is 1. The van der Waals surface area contributed by atoms with Crippen LogP contribution in [-0.2, 0) is 0 Å². The molecule has 1 aliphatic rings. The fourth-order valence-electron chi connectivity index (χ4n) is 3.19. The molecule has 0 aromatic carbocycles. The SMILES string of the molecule is Cc1nccn1[C@@H]1CCCN(C(=O)c2csc(-c3ccco3)n2)C1. The molecule has 0 unspecified atom stereocenters. The molecular formula is C17H18N4O2S. The van der Waals surface area contributed by atoms with Crippen LogP contribution in [0.3, 0.4) is 0 Å². The minimum atomic E-state index is -0.00785. The van der Waals surface area contributed by atoms with Gasteiger partial charge in [0.1, 0.15) is 11.5 Å². The highest BCUT2D eigenvalue weighted by molar-refractivity contribution is 7.13. The molecule has 1 aliphatic heterocycles. The van der Waals surface area contributed by atoms with Crippen molar-refractivity contribution >= 4 is 17.2 Å². The summed E-state index contributed by atoms with van der Waals surface area (Å²) in [5.74, 6) is 1.68. The molecule has 1 saturated heterocycles. The Hall–Kier alpha value is -2.41. The van der Waals surface area contributed by atoms with Gasteiger partial charge < -0.3 is 13.9 Å². The van der Waals surface area contributed by atoms with Crippen LogP contribution in [0.25, 0.3) is 10.8 Å². The van der Waals surface area contributed by atoms with Crippen LogP contribution in [0.4, 0.5) is 0 Å². The molecule has 1 atom stereocenters. The molecule has 6 nitrogen and oxygen atoms in total. The lowest BCUT2D eigenvalue weighted by Crippen LogP contribution is -2.41. The normalized spacial score (nSPS) is 18.0. The largest absolute Gasteiger partial charge is 0.462 e. The Morgan fingerprint density at radius 2 is 2.38 bits per heavy atom. The van der Waals surface area contributed by atoms with Gasteiger partial charge in [-0.05, 0) is 31.9 Å². The van der Waals surface area contributed by atoms with E-state index in [1.165, 1.54) is 11.3 Å². The summed E-state index contributed by atoms with van der Waals surface area (Å²) in [5, 5.41) is 2.55. The van der Waals surface area contributed by atoms with E-state index in [2.05, 4.69) is 14.5 Å². The van der Waals surface area contributed by atoms with Crippen LogP contribution < -0.4 is 0 Å². The summed E-state index contributed by atoms with van der Waals surface area (Å²) < 4.78 is 7.51. The van der Waals surface area contributed by atoms with Crippen molar-refractivity contribution in [3.8, 4) is 10.8 Å². The van der Waals surface area contributed by atoms with E-state index in [1.54, 1.807) is 6.26 Å². The van der Waals surface area contributed by atoms with Gasteiger partial charge in [-0.3, -0.25) is 4.79 Å². The van der Waals surface area contributed by atoms with Gasteiger partial charge in [-0.15, -0.1) is 11.3 Å². The van der Waals surface area contributed by atoms with Crippen molar-refractivity contribution in [2.45, 2.75) is 25.8 Å². The Morgan fingerprint density at radius 1 is 1.46 bits per heavy atom. The third-order valence-electron chi connectivity index (χ3n) is 4.39. The number of carbonyl (C=O) groups excluding carboxylic acids is 1. The summed E-state index contributed by atoms with van der Waals surface area (Å²) >= 11 is 1.43. The zero-order valence-corrected chi connectivity index (χ0v) is 14.2. The summed E-state index contributed by atoms with van der Waals surface area (Å²) in [6, 6.07) is 3.96. The fraction of sp³-hybridized carbons (Fsp3) is 0.353. The molecule has 0 radical (unpaired) electrons. The Kier molecular flexibility index (Phi) is 3.93. The Morgan fingerprint density at radius 3 is 3.12 bits per heavy atom. The van der Waals surface area contributed by atoms with E-state index in [4.69, 9.17) is 4.42 Å². The number of aryl methyl sites for hydroxylation is 1. The first kappa shape index (κ1) is 15.1. The van der Waals surface area contributed by atoms with E-state index < -0.39 is 0 Å². The summed E-state index contributed by atoms with van der Waals surface area (Å²) in [4.78, 5) is 23.4. The molecule has 3 aromatic heterocycles. The Bertz CT molecular complexity index is 837. The fourth-order valence-corrected chi connectivity index (χ4v) is 3.95. The van der Waals surface area contributed by atoms with Crippen LogP contribution in [0, 0.1) is 6.92 Å². The molecule has 7 heteroatoms. The molecule has 124 valence electrons. The van der Waals surface area contributed by atoms with Gasteiger partial charge >= 0.3 is 0 Å². The first-order chi connectivity index (χ1) is 11.7. The van der Waals surface area contributed by atoms with Crippen molar-refractivity contribution in [3.05, 3.63) is 47.7 Å². The van der Waals surface area contributed by atoms with E-state index in [9.17, 15) is 4.79 Å². The number of carbonyl (C=O) groups is 1. The van der Waals surface area contributed by atoms with Gasteiger partial charge in [0.25, 0.3) is 5.91 Å². The van der Waals surface area contributed by atoms with Gasteiger partial charge in [0.15, 0.2) is 10.8 Å². The number of likely N-dealkylation sites (tertiary alicyclic amines) is 1. The van der Waals surface area contributed by atoms with E-state index >= 15 is 0 Å². The second-order valence-electron chi connectivity index (χ2n) is 5.94. The lowest BCUT2D eigenvalue weighted by molar-refractivity contribution is 0.0673. The molecule has 0 spiro atoms. The summed E-state index contributed by atoms with van der Waals surface area (Å²) in [7, 11) is 0. The van der Waals surface area contributed by atoms with Crippen molar-refractivity contribution in [3.63, 3.8) is 0 Å². The molecule has 3 aromatic rings. The maximum absolute atomic E-state index is 12.8. The third-order valence-corrected chi connectivity index (χ3v) is 5.25. The van der Waals surface area contributed by atoms with E-state index in [0.717, 1.165) is 30.2 Å². The maximum atomic E-state index is 12.8. The lowest BCUT2D eigenvalue weighted by Gasteiger charge is -2.33. The summed E-state index contributed by atoms with van der Waals surface area (Å²) in [5.41, 5.74) is 0.495. The van der Waals surface area contributed by atoms with Gasteiger partial charge in [-0.25, -0.2) is 9.97 Å². The zero-order chi connectivity index (χ0) is 16.5. The minimum absolute atomic E-state index is 0.00785. The first-order valence-corrected chi connectivity index (χ1v) is 8.88. The number of hydrogen-bond acceptors (Lipinski definition) is 5. The molecule has 4 rings (SSSR count). The highest BCUT2D eigenvalue weighted by Gasteiger charge is 2.27. The highest BCUT2D eigenvalue weighted by atomic mass is 32.1. The monoisotopic (exact) mass is 342 g/mol. The van der Waals surface area contributed by atoms with Crippen molar-refractivity contribution in [1.29, 1.82) is 0 Å². The average Bonchev–Trinajstić information content (AvgIpc) is 3.35. The average molecular weight is 342 g/mol. The van der Waals surface area contributed by atoms with Crippen molar-refractivity contribution < 1.29 is 9.21 Å². The number of aromatic nitrogens is 3. The molecular weight excluding hydrogens is 324 g/mol. The topological polar surface area (TPSA) is 64.2 Å². The number of furan rings is 1. The number of amides is 1. The van der Waals surface area contributed by atoms with Crippen LogP contribution >= 0.6 is 11.3 Å². The number of rotatable bonds is 3. The molecule has 0 bridgehead atoms. The smallest absolute Gasteiger partial charge is 0.273 e. The first-order valence-electron chi connectivity index (χ1n) is 8.00. The molecule has 0 N–H and O–H groups in total. The van der Waals surface area contributed by atoms with Crippen LogP contribution in [0.2, 0.25) is 0 Å². The highest BCUT2D eigenvalue weighted by Crippen LogP contribution is 2.27. The van der Waals surface area contributed by atoms with Crippen molar-refractivity contribution in [1.82, 2.24) is 19.4 Å². The number of piperidine rings is 1. The molecule has 1 fully saturated rings. The predicted octanol–water partition coefficient (Wildman–Crippen LogP) is 3.39. The van der Waals surface area contributed by atoms with Gasteiger partial charge in [0, 0.05) is 30.9 Å². The van der Waals surface area contributed by atoms with Crippen LogP contribution in [0.5, 0.6) is 0 Å². The molecule has 24 heavy (non-hydrogen) atoms. The second-order valence-corrected chi connectivity index (χ2v) is 6.80. The van der Waals surface area contributed by atoms with Crippen LogP contribution in [0.1, 0.15) is 35.2 Å². The second kappa shape index (κ2) is 6.24. The van der Waals surface area contributed by atoms with Crippen molar-refractivity contribution in [2.24, 2.45) is 0 Å². The predicted molar refractivity (Wildman–Crippen MR) is 91.0 cm³/mol. The number of hydrogen-bond donors (Lipinski definition) is 0. The van der Waals surface area contributed by atoms with Crippen molar-refractivity contribution in [2.75, 3.05) is 13.1 Å². The van der Waals surface area contributed by atoms with Gasteiger partial charge in [0.05, 0.1) is 12.3 Å². The van der Waals surface area contributed by atoms with E-state index in [0.29, 0.717) is 18.0 Å². The van der Waals surface area contributed by atoms with E-state index in [-0.39, 0.29) is 11.9 Å². The van der Waals surface area contributed by atoms with Gasteiger partial charge in [-0.1, -0.05) is 0 Å². The third kappa shape index (κ3) is 2.75. The molecule has 1 amide bonds. The summed E-state index contributed by atoms with van der Waals surface area (Å²) in [6.45, 7) is 3.47. The van der Waals surface area contributed by atoms with Crippen LogP contribution in [0.15, 0.2) is 40.6 Å². The number of thiazole rings is 1. The van der Waals surface area contributed by atoms with E-state index in [1.807, 2.05) is 41.7 Å². The standard InChI is InChI=1S/C17H18N4O2S/c1-12-18-6-8-21(12)13-4-2-7-20(10-13)17(22)14-11-24-16(19-14)15-5-3-9-23-15/h3,5-6,8-9,11,13H,2,4,7,10H2,1H3/t13-/m1/s1. The molecule has 0 aliphatic carbocycles. The maximum Gasteiger partial charge on any atom is 0.273 e. The van der Waals surface area contributed by atoms with Gasteiger partial charge in [0.2, 0.25) is 0 Å². The Labute approximate surface area is 143 Å².